The van der Waals surface area contributed by atoms with Gasteiger partial charge in [0.15, 0.2) is 0 Å². The fraction of sp³-hybridized carbons (Fsp3) is 0.429. The SMILES string of the molecule is O=C(O)c1ccc(C[CH]C2CCNCC2)cc1. The summed E-state index contributed by atoms with van der Waals surface area (Å²) in [7, 11) is 0. The molecule has 1 aromatic carbocycles. The number of carboxylic acid groups (broad SMARTS) is 1. The van der Waals surface area contributed by atoms with Crippen LogP contribution in [0.25, 0.3) is 0 Å². The van der Waals surface area contributed by atoms with Gasteiger partial charge in [-0.05, 0) is 62.4 Å². The first-order valence-electron chi connectivity index (χ1n) is 6.12. The molecule has 0 aromatic heterocycles. The molecular formula is C14H18NO2. The van der Waals surface area contributed by atoms with Gasteiger partial charge < -0.3 is 10.4 Å². The van der Waals surface area contributed by atoms with Gasteiger partial charge in [0.2, 0.25) is 0 Å². The van der Waals surface area contributed by atoms with Crippen LogP contribution in [0.5, 0.6) is 0 Å². The van der Waals surface area contributed by atoms with E-state index in [9.17, 15) is 4.79 Å². The second kappa shape index (κ2) is 5.82. The van der Waals surface area contributed by atoms with Crippen LogP contribution in [0.15, 0.2) is 24.3 Å². The number of rotatable bonds is 4. The van der Waals surface area contributed by atoms with E-state index < -0.39 is 5.97 Å². The molecule has 2 rings (SSSR count). The van der Waals surface area contributed by atoms with Gasteiger partial charge in [-0.3, -0.25) is 0 Å². The summed E-state index contributed by atoms with van der Waals surface area (Å²) >= 11 is 0. The minimum atomic E-state index is -0.862. The molecule has 2 N–H and O–H groups in total. The number of carbonyl (C=O) groups is 1. The highest BCUT2D eigenvalue weighted by Gasteiger charge is 2.12. The predicted octanol–water partition coefficient (Wildman–Crippen LogP) is 2.13. The van der Waals surface area contributed by atoms with Gasteiger partial charge in [-0.15, -0.1) is 0 Å². The zero-order valence-corrected chi connectivity index (χ0v) is 9.86. The molecule has 17 heavy (non-hydrogen) atoms. The molecule has 1 saturated heterocycles. The van der Waals surface area contributed by atoms with E-state index in [1.807, 2.05) is 12.1 Å². The first-order valence-corrected chi connectivity index (χ1v) is 6.12. The molecule has 1 aliphatic rings. The van der Waals surface area contributed by atoms with Crippen LogP contribution in [-0.2, 0) is 6.42 Å². The van der Waals surface area contributed by atoms with Gasteiger partial charge >= 0.3 is 5.97 Å². The molecule has 0 amide bonds. The smallest absolute Gasteiger partial charge is 0.335 e. The second-order valence-corrected chi connectivity index (χ2v) is 4.53. The maximum atomic E-state index is 10.7. The van der Waals surface area contributed by atoms with Crippen LogP contribution in [0.1, 0.15) is 28.8 Å². The number of hydrogen-bond donors (Lipinski definition) is 2. The highest BCUT2D eigenvalue weighted by Crippen LogP contribution is 2.18. The molecule has 91 valence electrons. The third-order valence-corrected chi connectivity index (χ3v) is 3.27. The normalized spacial score (nSPS) is 16.9. The minimum absolute atomic E-state index is 0.357. The largest absolute Gasteiger partial charge is 0.478 e. The Labute approximate surface area is 102 Å². The van der Waals surface area contributed by atoms with Gasteiger partial charge in [-0.2, -0.15) is 0 Å². The Balaban J connectivity index is 1.84. The average Bonchev–Trinajstić information content (AvgIpc) is 2.38. The van der Waals surface area contributed by atoms with Crippen molar-refractivity contribution in [3.05, 3.63) is 41.8 Å². The van der Waals surface area contributed by atoms with Crippen molar-refractivity contribution < 1.29 is 9.90 Å². The van der Waals surface area contributed by atoms with Crippen molar-refractivity contribution in [1.29, 1.82) is 0 Å². The third-order valence-electron chi connectivity index (χ3n) is 3.27. The van der Waals surface area contributed by atoms with Crippen molar-refractivity contribution in [2.24, 2.45) is 5.92 Å². The Bertz CT molecular complexity index is 366. The molecule has 0 unspecified atom stereocenters. The van der Waals surface area contributed by atoms with E-state index in [1.54, 1.807) is 12.1 Å². The number of benzene rings is 1. The van der Waals surface area contributed by atoms with E-state index in [2.05, 4.69) is 11.7 Å². The second-order valence-electron chi connectivity index (χ2n) is 4.53. The lowest BCUT2D eigenvalue weighted by Crippen LogP contribution is -2.28. The Kier molecular flexibility index (Phi) is 4.15. The molecule has 0 saturated carbocycles. The van der Waals surface area contributed by atoms with Crippen LogP contribution in [-0.4, -0.2) is 24.2 Å². The third kappa shape index (κ3) is 3.56. The zero-order valence-electron chi connectivity index (χ0n) is 9.86. The lowest BCUT2D eigenvalue weighted by atomic mass is 9.91. The maximum Gasteiger partial charge on any atom is 0.335 e. The fourth-order valence-corrected chi connectivity index (χ4v) is 2.17. The molecule has 0 bridgehead atoms. The topological polar surface area (TPSA) is 49.3 Å². The summed E-state index contributed by atoms with van der Waals surface area (Å²) in [4.78, 5) is 10.7. The molecule has 1 radical (unpaired) electrons. The van der Waals surface area contributed by atoms with Crippen molar-refractivity contribution in [1.82, 2.24) is 5.32 Å². The van der Waals surface area contributed by atoms with E-state index in [0.29, 0.717) is 11.5 Å². The highest BCUT2D eigenvalue weighted by atomic mass is 16.4. The zero-order chi connectivity index (χ0) is 12.1. The van der Waals surface area contributed by atoms with Gasteiger partial charge in [-0.1, -0.05) is 12.1 Å². The van der Waals surface area contributed by atoms with E-state index in [1.165, 1.54) is 18.4 Å². The summed E-state index contributed by atoms with van der Waals surface area (Å²) in [5.74, 6) is -0.158. The fourth-order valence-electron chi connectivity index (χ4n) is 2.17. The Morgan fingerprint density at radius 3 is 2.53 bits per heavy atom. The van der Waals surface area contributed by atoms with E-state index in [0.717, 1.165) is 19.5 Å². The molecular weight excluding hydrogens is 214 g/mol. The van der Waals surface area contributed by atoms with Crippen molar-refractivity contribution in [2.45, 2.75) is 19.3 Å². The summed E-state index contributed by atoms with van der Waals surface area (Å²) in [6, 6.07) is 7.16. The minimum Gasteiger partial charge on any atom is -0.478 e. The summed E-state index contributed by atoms with van der Waals surface area (Å²) in [5, 5.41) is 12.1. The van der Waals surface area contributed by atoms with Crippen molar-refractivity contribution in [2.75, 3.05) is 13.1 Å². The molecule has 3 heteroatoms. The highest BCUT2D eigenvalue weighted by molar-refractivity contribution is 5.87. The number of piperidine rings is 1. The predicted molar refractivity (Wildman–Crippen MR) is 67.0 cm³/mol. The van der Waals surface area contributed by atoms with Crippen LogP contribution >= 0.6 is 0 Å². The van der Waals surface area contributed by atoms with E-state index in [-0.39, 0.29) is 0 Å². The molecule has 1 aromatic rings. The Morgan fingerprint density at radius 1 is 1.29 bits per heavy atom. The summed E-state index contributed by atoms with van der Waals surface area (Å²) < 4.78 is 0. The van der Waals surface area contributed by atoms with Gasteiger partial charge in [-0.25, -0.2) is 4.79 Å². The number of hydrogen-bond acceptors (Lipinski definition) is 2. The summed E-state index contributed by atoms with van der Waals surface area (Å²) in [6.07, 6.45) is 5.72. The van der Waals surface area contributed by atoms with Crippen molar-refractivity contribution >= 4 is 5.97 Å². The Hall–Kier alpha value is -1.35. The molecule has 0 spiro atoms. The quantitative estimate of drug-likeness (QED) is 0.836. The molecule has 0 aliphatic carbocycles. The van der Waals surface area contributed by atoms with E-state index >= 15 is 0 Å². The van der Waals surface area contributed by atoms with E-state index in [4.69, 9.17) is 5.11 Å². The summed E-state index contributed by atoms with van der Waals surface area (Å²) in [5.41, 5.74) is 1.55. The van der Waals surface area contributed by atoms with Crippen LogP contribution < -0.4 is 5.32 Å². The summed E-state index contributed by atoms with van der Waals surface area (Å²) in [6.45, 7) is 2.22. The van der Waals surface area contributed by atoms with Crippen LogP contribution in [0.3, 0.4) is 0 Å². The molecule has 3 nitrogen and oxygen atoms in total. The maximum absolute atomic E-state index is 10.7. The monoisotopic (exact) mass is 232 g/mol. The lowest BCUT2D eigenvalue weighted by Gasteiger charge is -2.22. The van der Waals surface area contributed by atoms with Crippen molar-refractivity contribution in [3.8, 4) is 0 Å². The first-order chi connectivity index (χ1) is 8.25. The van der Waals surface area contributed by atoms with Gasteiger partial charge in [0.05, 0.1) is 5.56 Å². The van der Waals surface area contributed by atoms with Gasteiger partial charge in [0.1, 0.15) is 0 Å². The molecule has 1 heterocycles. The number of carboxylic acids is 1. The molecule has 1 fully saturated rings. The van der Waals surface area contributed by atoms with Crippen LogP contribution in [0, 0.1) is 12.3 Å². The van der Waals surface area contributed by atoms with Gasteiger partial charge in [0.25, 0.3) is 0 Å². The standard InChI is InChI=1S/C14H18NO2/c16-14(17)13-5-3-11(4-6-13)1-2-12-7-9-15-10-8-12/h2-6,12,15H,1,7-10H2,(H,16,17). The van der Waals surface area contributed by atoms with Crippen LogP contribution in [0.4, 0.5) is 0 Å². The Morgan fingerprint density at radius 2 is 1.94 bits per heavy atom. The first kappa shape index (κ1) is 12.1. The number of aromatic carboxylic acids is 1. The van der Waals surface area contributed by atoms with Crippen molar-refractivity contribution in [3.63, 3.8) is 0 Å². The van der Waals surface area contributed by atoms with Crippen LogP contribution in [0.2, 0.25) is 0 Å². The lowest BCUT2D eigenvalue weighted by molar-refractivity contribution is 0.0697. The average molecular weight is 232 g/mol. The molecule has 0 atom stereocenters. The molecule has 1 aliphatic heterocycles. The number of nitrogens with one attached hydrogen (secondary N) is 1. The van der Waals surface area contributed by atoms with Gasteiger partial charge in [0, 0.05) is 0 Å².